The minimum Gasteiger partial charge on any atom is -0.493 e. The van der Waals surface area contributed by atoms with Crippen LogP contribution < -0.4 is 18.9 Å². The number of carbonyl (C=O) groups is 2. The first-order valence-electron chi connectivity index (χ1n) is 9.50. The molecule has 2 aliphatic rings. The third-order valence-electron chi connectivity index (χ3n) is 5.03. The van der Waals surface area contributed by atoms with E-state index in [9.17, 15) is 9.59 Å². The van der Waals surface area contributed by atoms with E-state index in [1.807, 2.05) is 18.2 Å². The zero-order valence-corrected chi connectivity index (χ0v) is 19.9. The topological polar surface area (TPSA) is 77.5 Å². The highest BCUT2D eigenvalue weighted by Gasteiger charge is 2.35. The summed E-state index contributed by atoms with van der Waals surface area (Å²) in [5, 5.41) is 0.156. The maximum Gasteiger partial charge on any atom is 0.265 e. The van der Waals surface area contributed by atoms with Crippen LogP contribution in [-0.2, 0) is 16.2 Å². The molecule has 1 fully saturated rings. The first-order valence-corrected chi connectivity index (χ1v) is 10.7. The zero-order chi connectivity index (χ0) is 23.0. The van der Waals surface area contributed by atoms with E-state index in [2.05, 4.69) is 15.9 Å². The van der Waals surface area contributed by atoms with Gasteiger partial charge < -0.3 is 18.9 Å². The Morgan fingerprint density at radius 1 is 1.09 bits per heavy atom. The molecule has 0 N–H and O–H groups in total. The number of amides is 2. The molecular formula is C22H19BrN2O6S. The molecule has 166 valence electrons. The Balaban J connectivity index is 1.59. The van der Waals surface area contributed by atoms with Crippen molar-refractivity contribution in [2.75, 3.05) is 28.0 Å². The third kappa shape index (κ3) is 4.03. The van der Waals surface area contributed by atoms with E-state index in [-0.39, 0.29) is 24.1 Å². The number of thiocarbonyl (C=S) groups is 1. The quantitative estimate of drug-likeness (QED) is 0.341. The van der Waals surface area contributed by atoms with Gasteiger partial charge in [-0.2, -0.15) is 0 Å². The molecule has 0 unspecified atom stereocenters. The number of halogens is 1. The smallest absolute Gasteiger partial charge is 0.265 e. The van der Waals surface area contributed by atoms with E-state index in [1.165, 1.54) is 37.1 Å². The molecule has 2 aromatic carbocycles. The van der Waals surface area contributed by atoms with Gasteiger partial charge in [0.1, 0.15) is 12.2 Å². The Morgan fingerprint density at radius 2 is 1.78 bits per heavy atom. The predicted molar refractivity (Wildman–Crippen MR) is 124 cm³/mol. The molecule has 10 heteroatoms. The summed E-state index contributed by atoms with van der Waals surface area (Å²) >= 11 is 8.62. The van der Waals surface area contributed by atoms with Crippen molar-refractivity contribution < 1.29 is 28.5 Å². The molecule has 2 aromatic rings. The maximum absolute atomic E-state index is 12.6. The lowest BCUT2D eigenvalue weighted by Crippen LogP contribution is -2.52. The number of hydrogen-bond donors (Lipinski definition) is 0. The largest absolute Gasteiger partial charge is 0.493 e. The molecule has 0 saturated carbocycles. The number of benzene rings is 2. The second-order valence-corrected chi connectivity index (χ2v) is 8.30. The lowest BCUT2D eigenvalue weighted by Gasteiger charge is -2.31. The third-order valence-corrected chi connectivity index (χ3v) is 6.16. The highest BCUT2D eigenvalue weighted by Crippen LogP contribution is 2.39. The molecule has 0 aliphatic carbocycles. The van der Waals surface area contributed by atoms with Crippen LogP contribution in [0.2, 0.25) is 0 Å². The summed E-state index contributed by atoms with van der Waals surface area (Å²) in [6.45, 7) is 0.481. The van der Waals surface area contributed by atoms with E-state index >= 15 is 0 Å². The number of methoxy groups -OCH3 is 1. The summed E-state index contributed by atoms with van der Waals surface area (Å²) in [7, 11) is 4.58. The second kappa shape index (κ2) is 8.79. The molecule has 0 atom stereocenters. The van der Waals surface area contributed by atoms with Crippen LogP contribution in [0.1, 0.15) is 11.1 Å². The molecule has 32 heavy (non-hydrogen) atoms. The van der Waals surface area contributed by atoms with Crippen LogP contribution in [0.25, 0.3) is 6.08 Å². The fraction of sp³-hybridized carbons (Fsp3) is 0.227. The van der Waals surface area contributed by atoms with Crippen molar-refractivity contribution in [1.82, 2.24) is 9.80 Å². The van der Waals surface area contributed by atoms with Crippen molar-refractivity contribution in [3.05, 3.63) is 51.5 Å². The minimum absolute atomic E-state index is 0.00609. The van der Waals surface area contributed by atoms with Gasteiger partial charge in [-0.25, -0.2) is 0 Å². The minimum atomic E-state index is -0.462. The Hall–Kier alpha value is -3.11. The number of ether oxygens (including phenoxy) is 4. The van der Waals surface area contributed by atoms with Crippen molar-refractivity contribution in [1.29, 1.82) is 0 Å². The van der Waals surface area contributed by atoms with E-state index in [0.717, 1.165) is 5.56 Å². The number of rotatable bonds is 5. The average Bonchev–Trinajstić information content (AvgIpc) is 3.26. The number of fused-ring (bicyclic) bond motifs is 1. The summed E-state index contributed by atoms with van der Waals surface area (Å²) in [4.78, 5) is 27.7. The van der Waals surface area contributed by atoms with Crippen LogP contribution in [0.15, 0.2) is 40.4 Å². The fourth-order valence-electron chi connectivity index (χ4n) is 3.29. The summed E-state index contributed by atoms with van der Waals surface area (Å²) in [6.07, 6.45) is 1.51. The molecule has 4 rings (SSSR count). The standard InChI is InChI=1S/C22H19BrN2O6S/c1-24-20(26)14(21(27)25(2)22(24)32)6-13-7-15(23)19(18(9-13)28-3)29-10-12-4-5-16-17(8-12)31-11-30-16/h4-9H,10-11H2,1-3H3. The zero-order valence-electron chi connectivity index (χ0n) is 17.5. The first kappa shape index (κ1) is 22.1. The van der Waals surface area contributed by atoms with Crippen molar-refractivity contribution in [3.63, 3.8) is 0 Å². The van der Waals surface area contributed by atoms with Gasteiger partial charge in [-0.15, -0.1) is 0 Å². The second-order valence-electron chi connectivity index (χ2n) is 7.08. The van der Waals surface area contributed by atoms with Gasteiger partial charge >= 0.3 is 0 Å². The average molecular weight is 519 g/mol. The van der Waals surface area contributed by atoms with Crippen LogP contribution in [0.4, 0.5) is 0 Å². The first-order chi connectivity index (χ1) is 15.3. The fourth-order valence-corrected chi connectivity index (χ4v) is 4.03. The molecule has 2 amide bonds. The molecule has 8 nitrogen and oxygen atoms in total. The van der Waals surface area contributed by atoms with Gasteiger partial charge in [-0.05, 0) is 69.6 Å². The van der Waals surface area contributed by atoms with E-state index < -0.39 is 11.8 Å². The number of carbonyl (C=O) groups excluding carboxylic acids is 2. The number of hydrogen-bond acceptors (Lipinski definition) is 7. The summed E-state index contributed by atoms with van der Waals surface area (Å²) < 4.78 is 22.8. The van der Waals surface area contributed by atoms with Crippen molar-refractivity contribution in [2.24, 2.45) is 0 Å². The molecule has 2 aliphatic heterocycles. The van der Waals surface area contributed by atoms with E-state index in [1.54, 1.807) is 12.1 Å². The van der Waals surface area contributed by atoms with Crippen LogP contribution in [0.3, 0.4) is 0 Å². The van der Waals surface area contributed by atoms with Crippen LogP contribution in [-0.4, -0.2) is 54.7 Å². The molecule has 0 aromatic heterocycles. The van der Waals surface area contributed by atoms with Gasteiger partial charge in [0.05, 0.1) is 11.6 Å². The molecule has 1 saturated heterocycles. The lowest BCUT2D eigenvalue weighted by atomic mass is 10.1. The van der Waals surface area contributed by atoms with Gasteiger partial charge in [0.25, 0.3) is 11.8 Å². The number of likely N-dealkylation sites (N-methyl/N-ethyl adjacent to an activating group) is 2. The highest BCUT2D eigenvalue weighted by atomic mass is 79.9. The van der Waals surface area contributed by atoms with Gasteiger partial charge in [-0.1, -0.05) is 6.07 Å². The molecule has 0 spiro atoms. The highest BCUT2D eigenvalue weighted by molar-refractivity contribution is 9.10. The summed E-state index contributed by atoms with van der Waals surface area (Å²) in [5.74, 6) is 1.39. The maximum atomic E-state index is 12.6. The van der Waals surface area contributed by atoms with Crippen LogP contribution in [0, 0.1) is 0 Å². The van der Waals surface area contributed by atoms with Crippen molar-refractivity contribution >= 4 is 51.2 Å². The normalized spacial score (nSPS) is 15.4. The number of nitrogens with zero attached hydrogens (tertiary/aromatic N) is 2. The lowest BCUT2D eigenvalue weighted by molar-refractivity contribution is -0.132. The Bertz CT molecular complexity index is 1140. The van der Waals surface area contributed by atoms with E-state index in [4.69, 9.17) is 31.2 Å². The molecular weight excluding hydrogens is 500 g/mol. The Morgan fingerprint density at radius 3 is 2.47 bits per heavy atom. The molecule has 0 bridgehead atoms. The van der Waals surface area contributed by atoms with Crippen molar-refractivity contribution in [2.45, 2.75) is 6.61 Å². The summed E-state index contributed by atoms with van der Waals surface area (Å²) in [6, 6.07) is 9.03. The molecule has 2 heterocycles. The van der Waals surface area contributed by atoms with Crippen LogP contribution >= 0.6 is 28.1 Å². The van der Waals surface area contributed by atoms with Crippen molar-refractivity contribution in [3.8, 4) is 23.0 Å². The van der Waals surface area contributed by atoms with Gasteiger partial charge in [0.15, 0.2) is 28.1 Å². The van der Waals surface area contributed by atoms with E-state index in [0.29, 0.717) is 33.0 Å². The Kier molecular flexibility index (Phi) is 6.07. The molecule has 0 radical (unpaired) electrons. The van der Waals surface area contributed by atoms with Gasteiger partial charge in [-0.3, -0.25) is 19.4 Å². The van der Waals surface area contributed by atoms with Gasteiger partial charge in [0.2, 0.25) is 6.79 Å². The SMILES string of the molecule is COc1cc(C=C2C(=O)N(C)C(=S)N(C)C2=O)cc(Br)c1OCc1ccc2c(c1)OCO2. The van der Waals surface area contributed by atoms with Crippen LogP contribution in [0.5, 0.6) is 23.0 Å². The predicted octanol–water partition coefficient (Wildman–Crippen LogP) is 3.36. The van der Waals surface area contributed by atoms with Gasteiger partial charge in [0, 0.05) is 14.1 Å². The summed E-state index contributed by atoms with van der Waals surface area (Å²) in [5.41, 5.74) is 1.50. The monoisotopic (exact) mass is 518 g/mol. The Labute approximate surface area is 198 Å².